The van der Waals surface area contributed by atoms with Crippen molar-refractivity contribution in [2.75, 3.05) is 5.73 Å². The molecule has 0 aliphatic heterocycles. The lowest BCUT2D eigenvalue weighted by Gasteiger charge is -2.20. The molecule has 7 heteroatoms. The van der Waals surface area contributed by atoms with Gasteiger partial charge in [-0.15, -0.1) is 5.46 Å². The topological polar surface area (TPSA) is 63.3 Å². The molecule has 0 spiro atoms. The zero-order valence-corrected chi connectivity index (χ0v) is 8.51. The molecule has 0 aliphatic carbocycles. The van der Waals surface area contributed by atoms with E-state index in [9.17, 15) is 17.7 Å². The molecule has 0 aromatic heterocycles. The van der Waals surface area contributed by atoms with Gasteiger partial charge in [0, 0.05) is 5.69 Å². The van der Waals surface area contributed by atoms with Gasteiger partial charge in [0.2, 0.25) is 0 Å². The zero-order chi connectivity index (χ0) is 12.5. The molecule has 0 saturated carbocycles. The number of aliphatic carboxylic acids is 1. The number of hydrogen-bond acceptors (Lipinski definition) is 2. The van der Waals surface area contributed by atoms with Gasteiger partial charge in [0.05, 0.1) is 6.42 Å². The second-order valence-electron chi connectivity index (χ2n) is 3.54. The number of nitrogen functional groups attached to an aromatic ring is 1. The molecule has 0 aliphatic rings. The average Bonchev–Trinajstić information content (AvgIpc) is 2.07. The summed E-state index contributed by atoms with van der Waals surface area (Å²) in [5, 5.41) is 8.56. The highest BCUT2D eigenvalue weighted by atomic mass is 19.4. The molecule has 0 heterocycles. The summed E-state index contributed by atoms with van der Waals surface area (Å²) in [5.74, 6) is -1.19. The van der Waals surface area contributed by atoms with Crippen LogP contribution in [0.15, 0.2) is 12.1 Å². The first-order chi connectivity index (χ1) is 7.21. The summed E-state index contributed by atoms with van der Waals surface area (Å²) in [7, 11) is 0. The van der Waals surface area contributed by atoms with Crippen LogP contribution in [0.5, 0.6) is 0 Å². The van der Waals surface area contributed by atoms with Crippen molar-refractivity contribution in [1.82, 2.24) is 0 Å². The summed E-state index contributed by atoms with van der Waals surface area (Å²) in [5.41, 5.74) is 4.45. The van der Waals surface area contributed by atoms with E-state index in [4.69, 9.17) is 10.8 Å². The third kappa shape index (κ3) is 2.68. The van der Waals surface area contributed by atoms with Crippen LogP contribution >= 0.6 is 0 Å². The zero-order valence-electron chi connectivity index (χ0n) is 8.51. The van der Waals surface area contributed by atoms with Gasteiger partial charge in [0.1, 0.15) is 0 Å². The van der Waals surface area contributed by atoms with Crippen molar-refractivity contribution in [1.29, 1.82) is 0 Å². The van der Waals surface area contributed by atoms with Crippen molar-refractivity contribution in [2.45, 2.75) is 13.3 Å². The van der Waals surface area contributed by atoms with Gasteiger partial charge < -0.3 is 23.8 Å². The predicted molar refractivity (Wildman–Crippen MR) is 55.6 cm³/mol. The lowest BCUT2D eigenvalue weighted by molar-refractivity contribution is -0.136. The van der Waals surface area contributed by atoms with E-state index in [1.54, 1.807) is 0 Å². The molecular formula is C9H10BF3NO2-. The van der Waals surface area contributed by atoms with Crippen LogP contribution in [0.4, 0.5) is 18.6 Å². The van der Waals surface area contributed by atoms with Crippen molar-refractivity contribution >= 4 is 24.1 Å². The van der Waals surface area contributed by atoms with E-state index < -0.39 is 24.8 Å². The van der Waals surface area contributed by atoms with Gasteiger partial charge in [0.15, 0.2) is 0 Å². The number of anilines is 1. The van der Waals surface area contributed by atoms with Crippen molar-refractivity contribution in [3.8, 4) is 0 Å². The fourth-order valence-corrected chi connectivity index (χ4v) is 1.51. The Hall–Kier alpha value is -1.66. The van der Waals surface area contributed by atoms with Crippen molar-refractivity contribution in [3.05, 3.63) is 23.3 Å². The maximum absolute atomic E-state index is 12.6. The Labute approximate surface area is 90.1 Å². The Morgan fingerprint density at radius 3 is 2.44 bits per heavy atom. The summed E-state index contributed by atoms with van der Waals surface area (Å²) in [6.45, 7) is -3.92. The number of carbonyl (C=O) groups is 1. The Balaban J connectivity index is 3.32. The van der Waals surface area contributed by atoms with E-state index in [2.05, 4.69) is 0 Å². The fraction of sp³-hybridized carbons (Fsp3) is 0.222. The Morgan fingerprint density at radius 1 is 1.44 bits per heavy atom. The molecule has 0 amide bonds. The maximum atomic E-state index is 12.6. The van der Waals surface area contributed by atoms with Gasteiger partial charge in [-0.1, -0.05) is 11.6 Å². The normalized spacial score (nSPS) is 11.5. The van der Waals surface area contributed by atoms with Crippen LogP contribution in [-0.2, 0) is 11.2 Å². The molecule has 1 aromatic rings. The van der Waals surface area contributed by atoms with Gasteiger partial charge in [-0.05, 0) is 18.6 Å². The molecule has 0 saturated heterocycles. The molecule has 3 N–H and O–H groups in total. The number of rotatable bonds is 3. The van der Waals surface area contributed by atoms with Gasteiger partial charge in [-0.3, -0.25) is 4.79 Å². The number of nitrogens with two attached hydrogens (primary N) is 1. The molecule has 1 rings (SSSR count). The monoisotopic (exact) mass is 232 g/mol. The van der Waals surface area contributed by atoms with E-state index in [0.29, 0.717) is 0 Å². The third-order valence-corrected chi connectivity index (χ3v) is 2.27. The minimum Gasteiger partial charge on any atom is -0.481 e. The minimum absolute atomic E-state index is 0.0656. The first-order valence-corrected chi connectivity index (χ1v) is 4.52. The van der Waals surface area contributed by atoms with Gasteiger partial charge >= 0.3 is 12.9 Å². The molecule has 3 nitrogen and oxygen atoms in total. The lowest BCUT2D eigenvalue weighted by atomic mass is 9.75. The Morgan fingerprint density at radius 2 is 2.00 bits per heavy atom. The SMILES string of the molecule is Cc1c(CC(=O)O)cc(N)cc1[B-](F)(F)F. The minimum atomic E-state index is -5.17. The second-order valence-corrected chi connectivity index (χ2v) is 3.54. The molecule has 16 heavy (non-hydrogen) atoms. The molecule has 0 unspecified atom stereocenters. The van der Waals surface area contributed by atoms with Crippen LogP contribution in [0.2, 0.25) is 0 Å². The summed E-state index contributed by atoms with van der Waals surface area (Å²) in [4.78, 5) is 10.5. The number of carboxylic acids is 1. The maximum Gasteiger partial charge on any atom is 0.509 e. The molecule has 0 atom stereocenters. The standard InChI is InChI=1S/C9H10BF3NO2/c1-5-6(3-9(15)16)2-7(14)4-8(5)10(11,12)13/h2,4H,3,14H2,1H3,(H,15,16)/q-1. The molecule has 88 valence electrons. The van der Waals surface area contributed by atoms with E-state index in [0.717, 1.165) is 6.07 Å². The highest BCUT2D eigenvalue weighted by Gasteiger charge is 2.28. The van der Waals surface area contributed by atoms with Crippen LogP contribution < -0.4 is 11.2 Å². The number of hydrogen-bond donors (Lipinski definition) is 2. The van der Waals surface area contributed by atoms with Crippen LogP contribution in [0.3, 0.4) is 0 Å². The highest BCUT2D eigenvalue weighted by molar-refractivity contribution is 6.74. The quantitative estimate of drug-likeness (QED) is 0.609. The van der Waals surface area contributed by atoms with Gasteiger partial charge in [-0.2, -0.15) is 0 Å². The van der Waals surface area contributed by atoms with Crippen LogP contribution in [0.25, 0.3) is 0 Å². The summed E-state index contributed by atoms with van der Waals surface area (Å²) >= 11 is 0. The summed E-state index contributed by atoms with van der Waals surface area (Å²) in [6.07, 6.45) is -0.462. The molecule has 0 bridgehead atoms. The Kier molecular flexibility index (Phi) is 3.16. The highest BCUT2D eigenvalue weighted by Crippen LogP contribution is 2.18. The number of halogens is 3. The van der Waals surface area contributed by atoms with Crippen LogP contribution in [-0.4, -0.2) is 18.1 Å². The van der Waals surface area contributed by atoms with Crippen LogP contribution in [0, 0.1) is 6.92 Å². The number of carboxylic acid groups (broad SMARTS) is 1. The van der Waals surface area contributed by atoms with E-state index in [1.165, 1.54) is 13.0 Å². The van der Waals surface area contributed by atoms with Gasteiger partial charge in [-0.25, -0.2) is 0 Å². The average molecular weight is 232 g/mol. The number of benzene rings is 1. The molecule has 1 aromatic carbocycles. The third-order valence-electron chi connectivity index (χ3n) is 2.27. The second kappa shape index (κ2) is 4.07. The van der Waals surface area contributed by atoms with E-state index in [1.807, 2.05) is 0 Å². The largest absolute Gasteiger partial charge is 0.509 e. The first-order valence-electron chi connectivity index (χ1n) is 4.52. The molecular weight excluding hydrogens is 222 g/mol. The smallest absolute Gasteiger partial charge is 0.481 e. The van der Waals surface area contributed by atoms with Crippen molar-refractivity contribution in [2.24, 2.45) is 0 Å². The first kappa shape index (κ1) is 12.4. The van der Waals surface area contributed by atoms with E-state index >= 15 is 0 Å². The lowest BCUT2D eigenvalue weighted by Crippen LogP contribution is -2.37. The van der Waals surface area contributed by atoms with Crippen molar-refractivity contribution in [3.63, 3.8) is 0 Å². The fourth-order valence-electron chi connectivity index (χ4n) is 1.51. The molecule has 0 fully saturated rings. The Bertz CT molecular complexity index is 431. The predicted octanol–water partition coefficient (Wildman–Crippen LogP) is 1.26. The molecule has 0 radical (unpaired) electrons. The van der Waals surface area contributed by atoms with Crippen molar-refractivity contribution < 1.29 is 22.8 Å². The van der Waals surface area contributed by atoms with Gasteiger partial charge in [0.25, 0.3) is 0 Å². The summed E-state index contributed by atoms with van der Waals surface area (Å²) in [6, 6.07) is 2.09. The van der Waals surface area contributed by atoms with Crippen LogP contribution in [0.1, 0.15) is 11.1 Å². The van der Waals surface area contributed by atoms with E-state index in [-0.39, 0.29) is 16.8 Å². The summed E-state index contributed by atoms with van der Waals surface area (Å²) < 4.78 is 37.8.